The molecular weight excluding hydrogens is 475 g/mol. The van der Waals surface area contributed by atoms with Crippen molar-refractivity contribution in [3.8, 4) is 0 Å². The van der Waals surface area contributed by atoms with Gasteiger partial charge in [-0.3, -0.25) is 9.59 Å². The third-order valence-corrected chi connectivity index (χ3v) is 5.83. The van der Waals surface area contributed by atoms with E-state index >= 15 is 0 Å². The molecule has 0 aromatic heterocycles. The maximum absolute atomic E-state index is 13.5. The predicted molar refractivity (Wildman–Crippen MR) is 119 cm³/mol. The van der Waals surface area contributed by atoms with E-state index in [0.717, 1.165) is 15.6 Å². The monoisotopic (exact) mass is 488 g/mol. The Balaban J connectivity index is 1.91. The Hall–Kier alpha value is -2.34. The van der Waals surface area contributed by atoms with Crippen LogP contribution in [0.2, 0.25) is 10.0 Å². The van der Waals surface area contributed by atoms with Gasteiger partial charge in [-0.2, -0.15) is 0 Å². The van der Waals surface area contributed by atoms with Crippen molar-refractivity contribution in [2.45, 2.75) is 6.04 Å². The van der Waals surface area contributed by atoms with E-state index in [1.165, 1.54) is 4.90 Å². The molecule has 2 amide bonds. The minimum Gasteiger partial charge on any atom is -0.324 e. The van der Waals surface area contributed by atoms with Gasteiger partial charge in [-0.1, -0.05) is 63.4 Å². The van der Waals surface area contributed by atoms with Gasteiger partial charge >= 0.3 is 0 Å². The first-order valence-electron chi connectivity index (χ1n) is 8.84. The molecule has 4 rings (SSSR count). The summed E-state index contributed by atoms with van der Waals surface area (Å²) in [6.45, 7) is -0.107. The van der Waals surface area contributed by atoms with Crippen LogP contribution in [0.1, 0.15) is 27.5 Å². The number of hydrogen-bond acceptors (Lipinski definition) is 2. The Morgan fingerprint density at radius 3 is 2.48 bits per heavy atom. The van der Waals surface area contributed by atoms with Gasteiger partial charge in [0, 0.05) is 20.7 Å². The highest BCUT2D eigenvalue weighted by atomic mass is 79.9. The van der Waals surface area contributed by atoms with Crippen molar-refractivity contribution in [1.82, 2.24) is 4.90 Å². The first-order valence-corrected chi connectivity index (χ1v) is 10.4. The van der Waals surface area contributed by atoms with Gasteiger partial charge in [0.2, 0.25) is 5.91 Å². The summed E-state index contributed by atoms with van der Waals surface area (Å²) in [5, 5.41) is 3.83. The van der Waals surface area contributed by atoms with Crippen LogP contribution in [0.5, 0.6) is 0 Å². The number of rotatable bonds is 2. The number of anilines is 1. The summed E-state index contributed by atoms with van der Waals surface area (Å²) >= 11 is 15.9. The zero-order chi connectivity index (χ0) is 20.5. The molecular formula is C22H15BrCl2N2O2. The zero-order valence-electron chi connectivity index (χ0n) is 15.0. The van der Waals surface area contributed by atoms with Crippen molar-refractivity contribution in [1.29, 1.82) is 0 Å². The minimum atomic E-state index is -0.498. The molecule has 1 N–H and O–H groups in total. The molecule has 0 radical (unpaired) electrons. The Morgan fingerprint density at radius 2 is 1.76 bits per heavy atom. The van der Waals surface area contributed by atoms with Crippen LogP contribution < -0.4 is 5.32 Å². The Kier molecular flexibility index (Phi) is 5.63. The maximum atomic E-state index is 13.5. The highest BCUT2D eigenvalue weighted by Crippen LogP contribution is 2.38. The number of amides is 2. The zero-order valence-corrected chi connectivity index (χ0v) is 18.1. The highest BCUT2D eigenvalue weighted by molar-refractivity contribution is 9.10. The molecule has 1 aliphatic rings. The second-order valence-electron chi connectivity index (χ2n) is 6.65. The number of nitrogens with zero attached hydrogens (tertiary/aromatic N) is 1. The maximum Gasteiger partial charge on any atom is 0.256 e. The first kappa shape index (κ1) is 20.0. The first-order chi connectivity index (χ1) is 13.9. The van der Waals surface area contributed by atoms with Gasteiger partial charge in [0.05, 0.1) is 16.6 Å². The quantitative estimate of drug-likeness (QED) is 0.484. The lowest BCUT2D eigenvalue weighted by molar-refractivity contribution is -0.117. The van der Waals surface area contributed by atoms with Crippen LogP contribution in [0.15, 0.2) is 71.2 Å². The Labute approximate surface area is 186 Å². The van der Waals surface area contributed by atoms with Crippen LogP contribution in [0.3, 0.4) is 0 Å². The molecule has 0 bridgehead atoms. The van der Waals surface area contributed by atoms with Gasteiger partial charge in [0.15, 0.2) is 0 Å². The number of carbonyl (C=O) groups is 2. The average molecular weight is 490 g/mol. The molecule has 0 saturated carbocycles. The van der Waals surface area contributed by atoms with E-state index in [1.54, 1.807) is 36.4 Å². The van der Waals surface area contributed by atoms with E-state index in [4.69, 9.17) is 23.2 Å². The summed E-state index contributed by atoms with van der Waals surface area (Å²) in [5.74, 6) is -0.594. The molecule has 3 aromatic carbocycles. The number of fused-ring (bicyclic) bond motifs is 1. The fourth-order valence-corrected chi connectivity index (χ4v) is 4.18. The molecule has 7 heteroatoms. The lowest BCUT2D eigenvalue weighted by Crippen LogP contribution is -2.39. The van der Waals surface area contributed by atoms with Gasteiger partial charge in [-0.25, -0.2) is 0 Å². The smallest absolute Gasteiger partial charge is 0.256 e. The summed E-state index contributed by atoms with van der Waals surface area (Å²) in [5.41, 5.74) is 2.64. The van der Waals surface area contributed by atoms with Crippen LogP contribution in [-0.4, -0.2) is 23.3 Å². The topological polar surface area (TPSA) is 49.4 Å². The fraction of sp³-hybridized carbons (Fsp3) is 0.0909. The molecule has 0 unspecified atom stereocenters. The van der Waals surface area contributed by atoms with Crippen molar-refractivity contribution < 1.29 is 9.59 Å². The third kappa shape index (κ3) is 4.04. The normalized spacial score (nSPS) is 16.0. The second kappa shape index (κ2) is 8.19. The largest absolute Gasteiger partial charge is 0.324 e. The number of halogens is 3. The van der Waals surface area contributed by atoms with Gasteiger partial charge in [0.1, 0.15) is 6.54 Å². The van der Waals surface area contributed by atoms with Gasteiger partial charge in [-0.15, -0.1) is 0 Å². The lowest BCUT2D eigenvalue weighted by Gasteiger charge is -2.31. The van der Waals surface area contributed by atoms with Crippen LogP contribution in [-0.2, 0) is 4.79 Å². The highest BCUT2D eigenvalue weighted by Gasteiger charge is 2.34. The molecule has 1 aliphatic heterocycles. The van der Waals surface area contributed by atoms with E-state index in [9.17, 15) is 9.59 Å². The summed E-state index contributed by atoms with van der Waals surface area (Å²) in [4.78, 5) is 27.6. The van der Waals surface area contributed by atoms with Crippen molar-refractivity contribution >= 4 is 56.6 Å². The second-order valence-corrected chi connectivity index (χ2v) is 8.41. The summed E-state index contributed by atoms with van der Waals surface area (Å²) in [6, 6.07) is 19.2. The fourth-order valence-electron chi connectivity index (χ4n) is 3.46. The average Bonchev–Trinajstić information content (AvgIpc) is 2.84. The Morgan fingerprint density at radius 1 is 1.03 bits per heavy atom. The number of nitrogens with one attached hydrogen (secondary N) is 1. The molecule has 4 nitrogen and oxygen atoms in total. The third-order valence-electron chi connectivity index (χ3n) is 4.76. The van der Waals surface area contributed by atoms with Crippen molar-refractivity contribution in [3.63, 3.8) is 0 Å². The molecule has 0 spiro atoms. The van der Waals surface area contributed by atoms with E-state index < -0.39 is 6.04 Å². The van der Waals surface area contributed by atoms with E-state index in [2.05, 4.69) is 21.2 Å². The summed E-state index contributed by atoms with van der Waals surface area (Å²) in [6.07, 6.45) is 0. The van der Waals surface area contributed by atoms with Crippen LogP contribution in [0, 0.1) is 0 Å². The van der Waals surface area contributed by atoms with Gasteiger partial charge in [-0.05, 0) is 48.0 Å². The van der Waals surface area contributed by atoms with E-state index in [-0.39, 0.29) is 18.4 Å². The predicted octanol–water partition coefficient (Wildman–Crippen LogP) is 5.94. The summed E-state index contributed by atoms with van der Waals surface area (Å²) < 4.78 is 0.844. The molecule has 146 valence electrons. The van der Waals surface area contributed by atoms with Crippen molar-refractivity contribution in [2.24, 2.45) is 0 Å². The van der Waals surface area contributed by atoms with Gasteiger partial charge in [0.25, 0.3) is 5.91 Å². The number of benzene rings is 3. The summed E-state index contributed by atoms with van der Waals surface area (Å²) in [7, 11) is 0. The minimum absolute atomic E-state index is 0.107. The van der Waals surface area contributed by atoms with Crippen molar-refractivity contribution in [3.05, 3.63) is 97.9 Å². The molecule has 0 aliphatic carbocycles. The lowest BCUT2D eigenvalue weighted by atomic mass is 9.95. The van der Waals surface area contributed by atoms with Gasteiger partial charge < -0.3 is 10.2 Å². The number of hydrogen-bond donors (Lipinski definition) is 1. The number of carbonyl (C=O) groups excluding carboxylic acids is 2. The SMILES string of the molecule is O=C1CN(C(=O)c2ccccc2Cl)[C@H](c2ccc(Cl)cc2)c2cc(Br)ccc2N1. The molecule has 0 fully saturated rings. The van der Waals surface area contributed by atoms with Crippen LogP contribution in [0.4, 0.5) is 5.69 Å². The van der Waals surface area contributed by atoms with E-state index in [0.29, 0.717) is 21.3 Å². The molecule has 1 heterocycles. The standard InChI is InChI=1S/C22H15BrCl2N2O2/c23-14-7-10-19-17(11-14)21(13-5-8-15(24)9-6-13)27(12-20(28)26-19)22(29)16-3-1-2-4-18(16)25/h1-11,21H,12H2,(H,26,28)/t21-/m1/s1. The van der Waals surface area contributed by atoms with E-state index in [1.807, 2.05) is 30.3 Å². The van der Waals surface area contributed by atoms with Crippen LogP contribution >= 0.6 is 39.1 Å². The Bertz CT molecular complexity index is 1100. The molecule has 0 saturated heterocycles. The molecule has 1 atom stereocenters. The van der Waals surface area contributed by atoms with Crippen LogP contribution in [0.25, 0.3) is 0 Å². The van der Waals surface area contributed by atoms with Crippen molar-refractivity contribution in [2.75, 3.05) is 11.9 Å². The molecule has 29 heavy (non-hydrogen) atoms. The molecule has 3 aromatic rings.